The molecule has 0 saturated heterocycles. The van der Waals surface area contributed by atoms with Gasteiger partial charge in [-0.05, 0) is 31.9 Å². The van der Waals surface area contributed by atoms with E-state index in [-0.39, 0.29) is 5.78 Å². The van der Waals surface area contributed by atoms with E-state index in [0.717, 1.165) is 25.0 Å². The topological polar surface area (TPSA) is 17.1 Å². The highest BCUT2D eigenvalue weighted by Crippen LogP contribution is 2.11. The molecule has 1 unspecified atom stereocenters. The van der Waals surface area contributed by atoms with Gasteiger partial charge in [-0.2, -0.15) is 25.3 Å². The fourth-order valence-electron chi connectivity index (χ4n) is 0.880. The van der Waals surface area contributed by atoms with E-state index >= 15 is 0 Å². The first-order chi connectivity index (χ1) is 5.16. The standard InChI is InChI=1S/C8H16OS2/c1-7(9)3-2-4-8(11)5-6-10/h8,10-11H,2-6H2,1H3. The number of thiol groups is 2. The summed E-state index contributed by atoms with van der Waals surface area (Å²) in [5.74, 6) is 1.16. The van der Waals surface area contributed by atoms with Crippen LogP contribution in [0.2, 0.25) is 0 Å². The van der Waals surface area contributed by atoms with Crippen LogP contribution >= 0.6 is 25.3 Å². The van der Waals surface area contributed by atoms with Crippen LogP contribution in [-0.2, 0) is 4.79 Å². The van der Waals surface area contributed by atoms with Crippen molar-refractivity contribution in [2.45, 2.75) is 37.9 Å². The lowest BCUT2D eigenvalue weighted by molar-refractivity contribution is -0.117. The average molecular weight is 192 g/mol. The Morgan fingerprint density at radius 1 is 1.45 bits per heavy atom. The summed E-state index contributed by atoms with van der Waals surface area (Å²) in [4.78, 5) is 10.5. The van der Waals surface area contributed by atoms with Gasteiger partial charge in [-0.15, -0.1) is 0 Å². The molecule has 0 aliphatic heterocycles. The summed E-state index contributed by atoms with van der Waals surface area (Å²) < 4.78 is 0. The van der Waals surface area contributed by atoms with Crippen molar-refractivity contribution in [3.63, 3.8) is 0 Å². The Kier molecular flexibility index (Phi) is 7.28. The molecule has 0 N–H and O–H groups in total. The monoisotopic (exact) mass is 192 g/mol. The summed E-state index contributed by atoms with van der Waals surface area (Å²) >= 11 is 8.46. The number of hydrogen-bond acceptors (Lipinski definition) is 3. The van der Waals surface area contributed by atoms with E-state index in [9.17, 15) is 4.79 Å². The van der Waals surface area contributed by atoms with Crippen LogP contribution < -0.4 is 0 Å². The highest BCUT2D eigenvalue weighted by Gasteiger charge is 2.01. The number of carbonyl (C=O) groups excluding carboxylic acids is 1. The molecule has 0 aliphatic rings. The second kappa shape index (κ2) is 7.04. The zero-order valence-electron chi connectivity index (χ0n) is 6.92. The van der Waals surface area contributed by atoms with Crippen molar-refractivity contribution in [1.82, 2.24) is 0 Å². The van der Waals surface area contributed by atoms with Crippen molar-refractivity contribution in [3.8, 4) is 0 Å². The van der Waals surface area contributed by atoms with E-state index in [1.165, 1.54) is 0 Å². The summed E-state index contributed by atoms with van der Waals surface area (Å²) in [5.41, 5.74) is 0. The largest absolute Gasteiger partial charge is 0.300 e. The van der Waals surface area contributed by atoms with Crippen LogP contribution in [0.25, 0.3) is 0 Å². The lowest BCUT2D eigenvalue weighted by atomic mass is 10.1. The maximum Gasteiger partial charge on any atom is 0.129 e. The van der Waals surface area contributed by atoms with E-state index in [4.69, 9.17) is 0 Å². The van der Waals surface area contributed by atoms with Gasteiger partial charge in [-0.1, -0.05) is 0 Å². The quantitative estimate of drug-likeness (QED) is 0.618. The van der Waals surface area contributed by atoms with E-state index in [1.54, 1.807) is 6.92 Å². The van der Waals surface area contributed by atoms with Gasteiger partial charge >= 0.3 is 0 Å². The van der Waals surface area contributed by atoms with Gasteiger partial charge in [0.2, 0.25) is 0 Å². The highest BCUT2D eigenvalue weighted by atomic mass is 32.1. The summed E-state index contributed by atoms with van der Waals surface area (Å²) in [7, 11) is 0. The molecule has 66 valence electrons. The number of Topliss-reactive ketones (excluding diaryl/α,β-unsaturated/α-hetero) is 1. The van der Waals surface area contributed by atoms with Crippen molar-refractivity contribution in [2.24, 2.45) is 0 Å². The van der Waals surface area contributed by atoms with Gasteiger partial charge in [0.25, 0.3) is 0 Å². The summed E-state index contributed by atoms with van der Waals surface area (Å²) in [6.45, 7) is 1.63. The minimum atomic E-state index is 0.274. The van der Waals surface area contributed by atoms with Crippen molar-refractivity contribution >= 4 is 31.0 Å². The molecule has 0 amide bonds. The average Bonchev–Trinajstić information content (AvgIpc) is 1.87. The SMILES string of the molecule is CC(=O)CCCC(S)CCS. The maximum absolute atomic E-state index is 10.5. The summed E-state index contributed by atoms with van der Waals surface area (Å²) in [5, 5.41) is 0.423. The first kappa shape index (κ1) is 11.4. The minimum absolute atomic E-state index is 0.274. The molecule has 0 heterocycles. The molecule has 0 bridgehead atoms. The molecule has 0 rings (SSSR count). The molecule has 0 fully saturated rings. The van der Waals surface area contributed by atoms with Crippen molar-refractivity contribution < 1.29 is 4.79 Å². The van der Waals surface area contributed by atoms with Crippen LogP contribution in [0.4, 0.5) is 0 Å². The molecule has 0 aliphatic carbocycles. The molecule has 0 aromatic carbocycles. The Morgan fingerprint density at radius 3 is 2.55 bits per heavy atom. The second-order valence-electron chi connectivity index (χ2n) is 2.76. The molecule has 0 radical (unpaired) electrons. The molecule has 1 nitrogen and oxygen atoms in total. The highest BCUT2D eigenvalue weighted by molar-refractivity contribution is 7.81. The minimum Gasteiger partial charge on any atom is -0.300 e. The van der Waals surface area contributed by atoms with Gasteiger partial charge in [-0.3, -0.25) is 0 Å². The van der Waals surface area contributed by atoms with Crippen LogP contribution in [0.3, 0.4) is 0 Å². The first-order valence-corrected chi connectivity index (χ1v) is 5.10. The van der Waals surface area contributed by atoms with Gasteiger partial charge in [0.05, 0.1) is 0 Å². The number of hydrogen-bond donors (Lipinski definition) is 2. The third-order valence-corrected chi connectivity index (χ3v) is 2.30. The lowest BCUT2D eigenvalue weighted by Crippen LogP contribution is -2.00. The van der Waals surface area contributed by atoms with Crippen LogP contribution in [0.1, 0.15) is 32.6 Å². The summed E-state index contributed by atoms with van der Waals surface area (Å²) in [6, 6.07) is 0. The van der Waals surface area contributed by atoms with Gasteiger partial charge in [0.15, 0.2) is 0 Å². The zero-order chi connectivity index (χ0) is 8.69. The van der Waals surface area contributed by atoms with Crippen LogP contribution in [-0.4, -0.2) is 16.8 Å². The van der Waals surface area contributed by atoms with Crippen LogP contribution in [0, 0.1) is 0 Å². The lowest BCUT2D eigenvalue weighted by Gasteiger charge is -2.06. The number of carbonyl (C=O) groups is 1. The Labute approximate surface area is 79.8 Å². The van der Waals surface area contributed by atoms with Crippen molar-refractivity contribution in [3.05, 3.63) is 0 Å². The molecule has 0 aromatic heterocycles. The number of rotatable bonds is 6. The third kappa shape index (κ3) is 8.27. The fourth-order valence-corrected chi connectivity index (χ4v) is 1.71. The van der Waals surface area contributed by atoms with Crippen LogP contribution in [0.15, 0.2) is 0 Å². The van der Waals surface area contributed by atoms with Gasteiger partial charge in [0.1, 0.15) is 5.78 Å². The van der Waals surface area contributed by atoms with Gasteiger partial charge < -0.3 is 4.79 Å². The van der Waals surface area contributed by atoms with E-state index in [0.29, 0.717) is 11.7 Å². The Morgan fingerprint density at radius 2 is 2.09 bits per heavy atom. The smallest absolute Gasteiger partial charge is 0.129 e. The molecule has 0 aromatic rings. The maximum atomic E-state index is 10.5. The van der Waals surface area contributed by atoms with Crippen LogP contribution in [0.5, 0.6) is 0 Å². The Balaban J connectivity index is 3.16. The van der Waals surface area contributed by atoms with E-state index < -0.39 is 0 Å². The van der Waals surface area contributed by atoms with Crippen molar-refractivity contribution in [2.75, 3.05) is 5.75 Å². The first-order valence-electron chi connectivity index (χ1n) is 3.95. The predicted molar refractivity (Wildman–Crippen MR) is 55.8 cm³/mol. The second-order valence-corrected chi connectivity index (χ2v) is 3.94. The number of ketones is 1. The third-order valence-electron chi connectivity index (χ3n) is 1.53. The summed E-state index contributed by atoms with van der Waals surface area (Å²) in [6.07, 6.45) is 3.73. The van der Waals surface area contributed by atoms with E-state index in [2.05, 4.69) is 25.3 Å². The molecule has 3 heteroatoms. The molecule has 0 saturated carbocycles. The van der Waals surface area contributed by atoms with Crippen molar-refractivity contribution in [1.29, 1.82) is 0 Å². The molecule has 1 atom stereocenters. The van der Waals surface area contributed by atoms with Gasteiger partial charge in [-0.25, -0.2) is 0 Å². The Hall–Kier alpha value is 0.370. The molecular weight excluding hydrogens is 176 g/mol. The Bertz CT molecular complexity index is 115. The fraction of sp³-hybridized carbons (Fsp3) is 0.875. The zero-order valence-corrected chi connectivity index (χ0v) is 8.70. The predicted octanol–water partition coefficient (Wildman–Crippen LogP) is 2.36. The van der Waals surface area contributed by atoms with E-state index in [1.807, 2.05) is 0 Å². The van der Waals surface area contributed by atoms with Gasteiger partial charge in [0, 0.05) is 11.7 Å². The normalized spacial score (nSPS) is 13.0. The molecular formula is C8H16OS2. The molecule has 11 heavy (non-hydrogen) atoms. The molecule has 0 spiro atoms.